The molecule has 0 heterocycles. The highest BCUT2D eigenvalue weighted by atomic mass is 35.5. The lowest BCUT2D eigenvalue weighted by Gasteiger charge is -2.40. The number of hydrogen-bond acceptors (Lipinski definition) is 3. The van der Waals surface area contributed by atoms with E-state index in [2.05, 4.69) is 0 Å². The molecule has 0 aromatic heterocycles. The minimum atomic E-state index is -0.931. The molecule has 0 atom stereocenters. The average Bonchev–Trinajstić information content (AvgIpc) is 2.93. The maximum absolute atomic E-state index is 11.9. The van der Waals surface area contributed by atoms with Crippen LogP contribution >= 0.6 is 11.6 Å². The van der Waals surface area contributed by atoms with Crippen molar-refractivity contribution >= 4 is 17.6 Å². The van der Waals surface area contributed by atoms with Gasteiger partial charge < -0.3 is 14.6 Å². The Bertz CT molecular complexity index is 574. The minimum Gasteiger partial charge on any atom is -0.493 e. The number of carboxylic acids is 1. The second kappa shape index (κ2) is 5.99. The minimum absolute atomic E-state index is 0.122. The molecule has 0 bridgehead atoms. The predicted molar refractivity (Wildman–Crippen MR) is 84.1 cm³/mol. The smallest absolute Gasteiger partial charge is 0.314 e. The summed E-state index contributed by atoms with van der Waals surface area (Å²) in [4.78, 5) is 11.9. The summed E-state index contributed by atoms with van der Waals surface area (Å²) in [6.45, 7) is 0. The van der Waals surface area contributed by atoms with E-state index in [1.807, 2.05) is 0 Å². The SMILES string of the molecule is COc1ccc(Cl)c(C2(C(=O)O)CCC2)c1OC1CCCC1. The molecule has 2 aliphatic rings. The van der Waals surface area contributed by atoms with E-state index in [4.69, 9.17) is 21.1 Å². The Morgan fingerprint density at radius 3 is 2.45 bits per heavy atom. The van der Waals surface area contributed by atoms with Gasteiger partial charge in [0.05, 0.1) is 18.6 Å². The molecule has 4 nitrogen and oxygen atoms in total. The Morgan fingerprint density at radius 1 is 1.27 bits per heavy atom. The first-order valence-corrected chi connectivity index (χ1v) is 8.23. The molecule has 120 valence electrons. The lowest BCUT2D eigenvalue weighted by Crippen LogP contribution is -2.43. The van der Waals surface area contributed by atoms with Crippen molar-refractivity contribution in [3.8, 4) is 11.5 Å². The van der Waals surface area contributed by atoms with Crippen molar-refractivity contribution in [1.82, 2.24) is 0 Å². The first-order valence-electron chi connectivity index (χ1n) is 7.85. The lowest BCUT2D eigenvalue weighted by molar-refractivity contribution is -0.147. The summed E-state index contributed by atoms with van der Waals surface area (Å²) >= 11 is 6.39. The molecule has 1 N–H and O–H groups in total. The van der Waals surface area contributed by atoms with Crippen LogP contribution in [0.2, 0.25) is 5.02 Å². The van der Waals surface area contributed by atoms with Gasteiger partial charge in [-0.3, -0.25) is 4.79 Å². The molecule has 3 rings (SSSR count). The van der Waals surface area contributed by atoms with Gasteiger partial charge >= 0.3 is 5.97 Å². The van der Waals surface area contributed by atoms with Gasteiger partial charge in [0.1, 0.15) is 0 Å². The molecule has 2 aliphatic carbocycles. The van der Waals surface area contributed by atoms with Crippen LogP contribution in [0.15, 0.2) is 12.1 Å². The number of rotatable bonds is 5. The maximum Gasteiger partial charge on any atom is 0.314 e. The zero-order valence-electron chi connectivity index (χ0n) is 12.7. The standard InChI is InChI=1S/C17H21ClO4/c1-21-13-8-7-12(18)14(17(16(19)20)9-4-10-17)15(13)22-11-5-2-3-6-11/h7-8,11H,2-6,9-10H2,1H3,(H,19,20). The van der Waals surface area contributed by atoms with Crippen LogP contribution in [-0.4, -0.2) is 24.3 Å². The Labute approximate surface area is 135 Å². The molecule has 1 aromatic rings. The number of hydrogen-bond donors (Lipinski definition) is 1. The van der Waals surface area contributed by atoms with Gasteiger partial charge in [-0.05, 0) is 50.7 Å². The molecular formula is C17H21ClO4. The zero-order valence-corrected chi connectivity index (χ0v) is 13.5. The summed E-state index contributed by atoms with van der Waals surface area (Å²) in [5.74, 6) is 0.271. The predicted octanol–water partition coefficient (Wildman–Crippen LogP) is 4.18. The van der Waals surface area contributed by atoms with Gasteiger partial charge in [-0.2, -0.15) is 0 Å². The first kappa shape index (κ1) is 15.5. The topological polar surface area (TPSA) is 55.8 Å². The van der Waals surface area contributed by atoms with Crippen LogP contribution in [-0.2, 0) is 10.2 Å². The van der Waals surface area contributed by atoms with Crippen LogP contribution < -0.4 is 9.47 Å². The molecule has 5 heteroatoms. The van der Waals surface area contributed by atoms with E-state index in [-0.39, 0.29) is 6.10 Å². The van der Waals surface area contributed by atoms with Crippen LogP contribution in [0.25, 0.3) is 0 Å². The third kappa shape index (κ3) is 2.43. The van der Waals surface area contributed by atoms with Crippen LogP contribution in [0.4, 0.5) is 0 Å². The number of halogens is 1. The lowest BCUT2D eigenvalue weighted by atomic mass is 9.64. The van der Waals surface area contributed by atoms with Crippen LogP contribution in [0.3, 0.4) is 0 Å². The second-order valence-electron chi connectivity index (χ2n) is 6.22. The van der Waals surface area contributed by atoms with Gasteiger partial charge in [0.15, 0.2) is 11.5 Å². The summed E-state index contributed by atoms with van der Waals surface area (Å²) in [5, 5.41) is 10.2. The maximum atomic E-state index is 11.9. The van der Waals surface area contributed by atoms with Gasteiger partial charge in [-0.15, -0.1) is 0 Å². The van der Waals surface area contributed by atoms with E-state index < -0.39 is 11.4 Å². The van der Waals surface area contributed by atoms with Gasteiger partial charge in [0.2, 0.25) is 0 Å². The van der Waals surface area contributed by atoms with Crippen molar-refractivity contribution in [2.45, 2.75) is 56.5 Å². The first-order chi connectivity index (χ1) is 10.6. The third-order valence-corrected chi connectivity index (χ3v) is 5.29. The quantitative estimate of drug-likeness (QED) is 0.883. The van der Waals surface area contributed by atoms with Crippen molar-refractivity contribution in [3.63, 3.8) is 0 Å². The molecule has 22 heavy (non-hydrogen) atoms. The van der Waals surface area contributed by atoms with Crippen molar-refractivity contribution in [1.29, 1.82) is 0 Å². The van der Waals surface area contributed by atoms with Gasteiger partial charge in [0.25, 0.3) is 0 Å². The van der Waals surface area contributed by atoms with E-state index in [1.54, 1.807) is 19.2 Å². The molecule has 0 spiro atoms. The van der Waals surface area contributed by atoms with E-state index in [0.29, 0.717) is 34.9 Å². The second-order valence-corrected chi connectivity index (χ2v) is 6.63. The average molecular weight is 325 g/mol. The fourth-order valence-corrected chi connectivity index (χ4v) is 3.87. The van der Waals surface area contributed by atoms with Crippen molar-refractivity contribution < 1.29 is 19.4 Å². The highest BCUT2D eigenvalue weighted by Gasteiger charge is 2.50. The molecule has 0 radical (unpaired) electrons. The van der Waals surface area contributed by atoms with Crippen LogP contribution in [0.5, 0.6) is 11.5 Å². The number of carbonyl (C=O) groups is 1. The Hall–Kier alpha value is -1.42. The molecule has 0 saturated heterocycles. The normalized spacial score (nSPS) is 20.5. The number of methoxy groups -OCH3 is 1. The van der Waals surface area contributed by atoms with Gasteiger partial charge in [0, 0.05) is 10.6 Å². The highest BCUT2D eigenvalue weighted by Crippen LogP contribution is 2.53. The fraction of sp³-hybridized carbons (Fsp3) is 0.588. The molecule has 1 aromatic carbocycles. The summed E-state index contributed by atoms with van der Waals surface area (Å²) in [6, 6.07) is 3.46. The van der Waals surface area contributed by atoms with Crippen molar-refractivity contribution in [2.75, 3.05) is 7.11 Å². The number of aliphatic carboxylic acids is 1. The van der Waals surface area contributed by atoms with E-state index in [0.717, 1.165) is 32.1 Å². The molecule has 0 aliphatic heterocycles. The van der Waals surface area contributed by atoms with Crippen LogP contribution in [0.1, 0.15) is 50.5 Å². The summed E-state index contributed by atoms with van der Waals surface area (Å²) in [7, 11) is 1.57. The number of ether oxygens (including phenoxy) is 2. The monoisotopic (exact) mass is 324 g/mol. The Kier molecular flexibility index (Phi) is 4.22. The van der Waals surface area contributed by atoms with Gasteiger partial charge in [-0.1, -0.05) is 18.0 Å². The number of benzene rings is 1. The van der Waals surface area contributed by atoms with Crippen molar-refractivity contribution in [2.24, 2.45) is 0 Å². The molecule has 0 unspecified atom stereocenters. The Morgan fingerprint density at radius 2 is 1.95 bits per heavy atom. The van der Waals surface area contributed by atoms with E-state index in [9.17, 15) is 9.90 Å². The van der Waals surface area contributed by atoms with Gasteiger partial charge in [-0.25, -0.2) is 0 Å². The summed E-state index contributed by atoms with van der Waals surface area (Å²) in [5.41, 5.74) is -0.335. The largest absolute Gasteiger partial charge is 0.493 e. The third-order valence-electron chi connectivity index (χ3n) is 4.97. The summed E-state index contributed by atoms with van der Waals surface area (Å²) in [6.07, 6.45) is 6.48. The Balaban J connectivity index is 2.08. The molecule has 2 fully saturated rings. The van der Waals surface area contributed by atoms with Crippen LogP contribution in [0, 0.1) is 0 Å². The van der Waals surface area contributed by atoms with E-state index in [1.165, 1.54) is 0 Å². The molecular weight excluding hydrogens is 304 g/mol. The summed E-state index contributed by atoms with van der Waals surface area (Å²) < 4.78 is 11.6. The number of carboxylic acid groups (broad SMARTS) is 1. The highest BCUT2D eigenvalue weighted by molar-refractivity contribution is 6.32. The fourth-order valence-electron chi connectivity index (χ4n) is 3.54. The molecule has 2 saturated carbocycles. The molecule has 0 amide bonds. The van der Waals surface area contributed by atoms with E-state index >= 15 is 0 Å². The van der Waals surface area contributed by atoms with Crippen molar-refractivity contribution in [3.05, 3.63) is 22.7 Å². The zero-order chi connectivity index (χ0) is 15.7.